The van der Waals surface area contributed by atoms with Crippen molar-refractivity contribution in [3.8, 4) is 0 Å². The number of aliphatic hydroxyl groups excluding tert-OH is 1. The Kier molecular flexibility index (Phi) is 10.0. The van der Waals surface area contributed by atoms with Crippen molar-refractivity contribution in [2.75, 3.05) is 13.2 Å². The van der Waals surface area contributed by atoms with Crippen LogP contribution < -0.4 is 5.32 Å². The van der Waals surface area contributed by atoms with Crippen LogP contribution in [0, 0.1) is 62.0 Å². The highest BCUT2D eigenvalue weighted by atomic mass is 19.1. The van der Waals surface area contributed by atoms with Crippen LogP contribution in [0.5, 0.6) is 0 Å². The van der Waals surface area contributed by atoms with Gasteiger partial charge in [0, 0.05) is 41.2 Å². The molecule has 55 heavy (non-hydrogen) atoms. The summed E-state index contributed by atoms with van der Waals surface area (Å²) in [4.78, 5) is 39.9. The van der Waals surface area contributed by atoms with Gasteiger partial charge in [-0.05, 0) is 121 Å². The van der Waals surface area contributed by atoms with Crippen LogP contribution in [-0.2, 0) is 30.4 Å². The van der Waals surface area contributed by atoms with Crippen molar-refractivity contribution in [2.45, 2.75) is 146 Å². The molecule has 4 fully saturated rings. The van der Waals surface area contributed by atoms with Gasteiger partial charge < -0.3 is 19.9 Å². The number of esters is 1. The van der Waals surface area contributed by atoms with Gasteiger partial charge in [-0.15, -0.1) is 0 Å². The summed E-state index contributed by atoms with van der Waals surface area (Å²) in [5, 5.41) is 13.1. The zero-order valence-corrected chi connectivity index (χ0v) is 35.1. The average molecular weight is 760 g/mol. The SMILES string of the molecule is CC1=C2C[C@]3(CC(=O)C(C(C)C)=C3[C@H]3CC[C@@H]4[C@@]5(C)CC[C@H](OC(=O)CC(C)(C)C(=O)CO)C(C)(C)[C@@H]5CC[C@@]4(C)[C@]23C)[C@@H](CNCc2ccc(F)cc2)O1. The van der Waals surface area contributed by atoms with E-state index in [2.05, 4.69) is 60.7 Å². The molecule has 6 aliphatic rings. The second kappa shape index (κ2) is 13.6. The van der Waals surface area contributed by atoms with Gasteiger partial charge in [0.1, 0.15) is 24.6 Å². The molecule has 4 saturated carbocycles. The molecular formula is C47H66FNO6. The van der Waals surface area contributed by atoms with E-state index >= 15 is 0 Å². The Morgan fingerprint density at radius 1 is 1.00 bits per heavy atom. The Bertz CT molecular complexity index is 1810. The number of fused-ring (bicyclic) bond motifs is 8. The summed E-state index contributed by atoms with van der Waals surface area (Å²) >= 11 is 0. The Labute approximate surface area is 328 Å². The van der Waals surface area contributed by atoms with Crippen LogP contribution in [0.25, 0.3) is 0 Å². The van der Waals surface area contributed by atoms with Crippen LogP contribution in [0.3, 0.4) is 0 Å². The number of rotatable bonds is 10. The molecule has 9 atom stereocenters. The van der Waals surface area contributed by atoms with Crippen molar-refractivity contribution in [3.05, 3.63) is 58.1 Å². The Balaban J connectivity index is 1.21. The van der Waals surface area contributed by atoms with Crippen molar-refractivity contribution < 1.29 is 33.4 Å². The fourth-order valence-corrected chi connectivity index (χ4v) is 14.1. The van der Waals surface area contributed by atoms with Crippen molar-refractivity contribution in [1.29, 1.82) is 0 Å². The van der Waals surface area contributed by atoms with Gasteiger partial charge in [-0.1, -0.05) is 74.4 Å². The van der Waals surface area contributed by atoms with Gasteiger partial charge in [0.2, 0.25) is 0 Å². The van der Waals surface area contributed by atoms with Crippen LogP contribution in [0.2, 0.25) is 0 Å². The normalized spacial score (nSPS) is 37.8. The fraction of sp³-hybridized carbons (Fsp3) is 0.723. The molecule has 1 aliphatic heterocycles. The molecule has 0 unspecified atom stereocenters. The molecule has 5 aliphatic carbocycles. The second-order valence-electron chi connectivity index (χ2n) is 20.7. The first-order chi connectivity index (χ1) is 25.7. The summed E-state index contributed by atoms with van der Waals surface area (Å²) in [5.41, 5.74) is 3.12. The molecule has 0 aromatic heterocycles. The van der Waals surface area contributed by atoms with Gasteiger partial charge in [0.25, 0.3) is 0 Å². The number of halogens is 1. The number of hydrogen-bond acceptors (Lipinski definition) is 7. The third-order valence-corrected chi connectivity index (χ3v) is 17.0. The zero-order valence-electron chi connectivity index (χ0n) is 35.1. The largest absolute Gasteiger partial charge is 0.493 e. The lowest BCUT2D eigenvalue weighted by molar-refractivity contribution is -0.227. The quantitative estimate of drug-likeness (QED) is 0.230. The lowest BCUT2D eigenvalue weighted by atomic mass is 9.32. The number of Topliss-reactive ketones (excluding diaryl/α,β-unsaturated/α-hetero) is 2. The smallest absolute Gasteiger partial charge is 0.307 e. The summed E-state index contributed by atoms with van der Waals surface area (Å²) in [7, 11) is 0. The van der Waals surface area contributed by atoms with E-state index in [-0.39, 0.29) is 75.1 Å². The molecule has 2 bridgehead atoms. The van der Waals surface area contributed by atoms with Gasteiger partial charge >= 0.3 is 5.97 Å². The predicted molar refractivity (Wildman–Crippen MR) is 211 cm³/mol. The third kappa shape index (κ3) is 5.95. The molecular weight excluding hydrogens is 694 g/mol. The summed E-state index contributed by atoms with van der Waals surface area (Å²) in [6.07, 6.45) is 6.89. The van der Waals surface area contributed by atoms with Crippen molar-refractivity contribution in [3.63, 3.8) is 0 Å². The summed E-state index contributed by atoms with van der Waals surface area (Å²) < 4.78 is 27.0. The summed E-state index contributed by atoms with van der Waals surface area (Å²) in [5.74, 6) is 1.56. The Morgan fingerprint density at radius 3 is 2.35 bits per heavy atom. The molecule has 1 spiro atoms. The van der Waals surface area contributed by atoms with Crippen LogP contribution in [-0.4, -0.2) is 48.0 Å². The predicted octanol–water partition coefficient (Wildman–Crippen LogP) is 9.07. The minimum Gasteiger partial charge on any atom is -0.493 e. The molecule has 0 amide bonds. The highest BCUT2D eigenvalue weighted by molar-refractivity contribution is 6.01. The number of ketones is 2. The zero-order chi connectivity index (χ0) is 40.1. The maximum Gasteiger partial charge on any atom is 0.307 e. The number of ether oxygens (including phenoxy) is 2. The molecule has 2 N–H and O–H groups in total. The number of carbonyl (C=O) groups excluding carboxylic acids is 3. The number of aliphatic hydroxyl groups is 1. The number of carbonyl (C=O) groups is 3. The minimum absolute atomic E-state index is 0.0318. The molecule has 8 heteroatoms. The van der Waals surface area contributed by atoms with Gasteiger partial charge in [-0.25, -0.2) is 4.39 Å². The Morgan fingerprint density at radius 2 is 1.69 bits per heavy atom. The molecule has 1 aromatic carbocycles. The van der Waals surface area contributed by atoms with E-state index in [0.717, 1.165) is 61.8 Å². The molecule has 7 nitrogen and oxygen atoms in total. The van der Waals surface area contributed by atoms with Crippen molar-refractivity contribution >= 4 is 17.5 Å². The molecule has 0 radical (unpaired) electrons. The van der Waals surface area contributed by atoms with Gasteiger partial charge in [-0.2, -0.15) is 0 Å². The fourth-order valence-electron chi connectivity index (χ4n) is 14.1. The highest BCUT2D eigenvalue weighted by Gasteiger charge is 2.73. The molecule has 0 saturated heterocycles. The van der Waals surface area contributed by atoms with Gasteiger partial charge in [0.05, 0.1) is 12.2 Å². The lowest BCUT2D eigenvalue weighted by Gasteiger charge is -2.73. The van der Waals surface area contributed by atoms with Gasteiger partial charge in [-0.3, -0.25) is 14.4 Å². The Hall–Kier alpha value is -2.84. The highest BCUT2D eigenvalue weighted by Crippen LogP contribution is 2.79. The average Bonchev–Trinajstić information content (AvgIpc) is 3.40. The molecule has 7 rings (SSSR count). The van der Waals surface area contributed by atoms with E-state index in [9.17, 15) is 23.9 Å². The number of allylic oxidation sites excluding steroid dienone is 3. The topological polar surface area (TPSA) is 102 Å². The van der Waals surface area contributed by atoms with Gasteiger partial charge in [0.15, 0.2) is 11.6 Å². The number of benzene rings is 1. The van der Waals surface area contributed by atoms with E-state index in [4.69, 9.17) is 9.47 Å². The lowest BCUT2D eigenvalue weighted by Crippen LogP contribution is -2.67. The van der Waals surface area contributed by atoms with Crippen molar-refractivity contribution in [1.82, 2.24) is 5.32 Å². The van der Waals surface area contributed by atoms with E-state index < -0.39 is 12.0 Å². The third-order valence-electron chi connectivity index (χ3n) is 17.0. The second-order valence-corrected chi connectivity index (χ2v) is 20.7. The monoisotopic (exact) mass is 759 g/mol. The summed E-state index contributed by atoms with van der Waals surface area (Å²) in [6, 6.07) is 6.63. The van der Waals surface area contributed by atoms with Crippen LogP contribution in [0.15, 0.2) is 46.7 Å². The van der Waals surface area contributed by atoms with Crippen LogP contribution in [0.4, 0.5) is 4.39 Å². The number of nitrogens with one attached hydrogen (secondary N) is 1. The van der Waals surface area contributed by atoms with Crippen LogP contribution in [0.1, 0.15) is 133 Å². The van der Waals surface area contributed by atoms with E-state index in [1.165, 1.54) is 23.3 Å². The molecule has 1 heterocycles. The standard InChI is InChI=1S/C47H66FNO6/c1-27(2)40-33(51)22-47-21-32(28(3)54-38(47)25-49-24-29-11-13-30(48)14-12-29)46(10)31(41(40)47)15-16-35-44(8)19-18-37(43(6,7)34(44)17-20-45(35,46)9)55-39(53)23-42(4,5)36(52)26-50/h11-14,27,31,34-35,37-38,49-50H,15-26H2,1-10H3/t31-,34+,35-,37+,38-,44+,45-,46+,47+/m1/s1. The van der Waals surface area contributed by atoms with Crippen LogP contribution >= 0.6 is 0 Å². The summed E-state index contributed by atoms with van der Waals surface area (Å²) in [6.45, 7) is 22.8. The maximum atomic E-state index is 14.3. The molecule has 302 valence electrons. The van der Waals surface area contributed by atoms with E-state index in [1.54, 1.807) is 13.8 Å². The number of hydrogen-bond donors (Lipinski definition) is 2. The van der Waals surface area contributed by atoms with E-state index in [0.29, 0.717) is 37.1 Å². The van der Waals surface area contributed by atoms with Crippen molar-refractivity contribution in [2.24, 2.45) is 56.2 Å². The first-order valence-corrected chi connectivity index (χ1v) is 21.1. The van der Waals surface area contributed by atoms with E-state index in [1.807, 2.05) is 12.1 Å². The first-order valence-electron chi connectivity index (χ1n) is 21.1. The molecule has 1 aromatic rings. The maximum absolute atomic E-state index is 14.3. The first kappa shape index (κ1) is 40.4. The minimum atomic E-state index is -0.970.